The van der Waals surface area contributed by atoms with E-state index >= 15 is 0 Å². The van der Waals surface area contributed by atoms with Crippen LogP contribution in [0.25, 0.3) is 0 Å². The first-order valence-corrected chi connectivity index (χ1v) is 9.25. The van der Waals surface area contributed by atoms with Crippen LogP contribution in [0.4, 0.5) is 0 Å². The van der Waals surface area contributed by atoms with Gasteiger partial charge in [-0.15, -0.1) is 0 Å². The fraction of sp³-hybridized carbons (Fsp3) is 1.00. The number of unbranched alkanes of at least 4 members (excludes halogenated alkanes) is 1. The molecule has 0 spiro atoms. The van der Waals surface area contributed by atoms with E-state index in [9.17, 15) is 8.42 Å². The molecule has 2 rings (SSSR count). The fourth-order valence-electron chi connectivity index (χ4n) is 4.06. The maximum absolute atomic E-state index is 10.6. The van der Waals surface area contributed by atoms with E-state index in [1.165, 1.54) is 32.1 Å². The molecule has 2 aliphatic carbocycles. The zero-order valence-corrected chi connectivity index (χ0v) is 12.7. The summed E-state index contributed by atoms with van der Waals surface area (Å²) in [6.07, 6.45) is 8.24. The summed E-state index contributed by atoms with van der Waals surface area (Å²) in [5, 5.41) is 3.64. The summed E-state index contributed by atoms with van der Waals surface area (Å²) in [6.45, 7) is 3.21. The van der Waals surface area contributed by atoms with Crippen LogP contribution in [0.1, 0.15) is 51.9 Å². The van der Waals surface area contributed by atoms with Gasteiger partial charge in [0.25, 0.3) is 10.1 Å². The molecule has 2 fully saturated rings. The van der Waals surface area contributed by atoms with Gasteiger partial charge in [-0.25, -0.2) is 0 Å². The first kappa shape index (κ1) is 15.3. The maximum atomic E-state index is 10.6. The predicted molar refractivity (Wildman–Crippen MR) is 76.7 cm³/mol. The van der Waals surface area contributed by atoms with Crippen LogP contribution < -0.4 is 5.32 Å². The van der Waals surface area contributed by atoms with Gasteiger partial charge in [0.2, 0.25) is 0 Å². The van der Waals surface area contributed by atoms with Crippen LogP contribution in [0.5, 0.6) is 0 Å². The second-order valence-corrected chi connectivity index (χ2v) is 8.05. The first-order valence-electron chi connectivity index (χ1n) is 7.64. The third-order valence-corrected chi connectivity index (χ3v) is 5.66. The lowest BCUT2D eigenvalue weighted by molar-refractivity contribution is 0.0972. The molecule has 2 saturated carbocycles. The van der Waals surface area contributed by atoms with Gasteiger partial charge < -0.3 is 5.32 Å². The highest BCUT2D eigenvalue weighted by Gasteiger charge is 2.37. The second kappa shape index (κ2) is 6.55. The minimum Gasteiger partial charge on any atom is -0.313 e. The van der Waals surface area contributed by atoms with E-state index in [0.29, 0.717) is 12.5 Å². The average Bonchev–Trinajstić information content (AvgIpc) is 2.31. The topological polar surface area (TPSA) is 66.4 Å². The zero-order chi connectivity index (χ0) is 13.9. The zero-order valence-electron chi connectivity index (χ0n) is 11.8. The summed E-state index contributed by atoms with van der Waals surface area (Å²) in [7, 11) is -3.78. The Morgan fingerprint density at radius 2 is 2.00 bits per heavy atom. The number of hydrogen-bond acceptors (Lipinski definition) is 3. The number of fused-ring (bicyclic) bond motifs is 2. The highest BCUT2D eigenvalue weighted by Crippen LogP contribution is 2.42. The lowest BCUT2D eigenvalue weighted by Crippen LogP contribution is -2.47. The molecule has 19 heavy (non-hydrogen) atoms. The lowest BCUT2D eigenvalue weighted by Gasteiger charge is -2.44. The predicted octanol–water partition coefficient (Wildman–Crippen LogP) is 2.46. The number of hydrogen-bond donors (Lipinski definition) is 2. The summed E-state index contributed by atoms with van der Waals surface area (Å²) >= 11 is 0. The molecule has 0 heterocycles. The minimum atomic E-state index is -3.78. The Labute approximate surface area is 117 Å². The molecule has 0 radical (unpaired) electrons. The summed E-state index contributed by atoms with van der Waals surface area (Å²) < 4.78 is 29.9. The van der Waals surface area contributed by atoms with Gasteiger partial charge in [0.15, 0.2) is 0 Å². The molecule has 0 saturated heterocycles. The molecule has 2 bridgehead atoms. The third-order valence-electron chi connectivity index (χ3n) is 4.86. The van der Waals surface area contributed by atoms with Crippen molar-refractivity contribution in [2.75, 3.05) is 12.3 Å². The molecule has 4 atom stereocenters. The average molecular weight is 289 g/mol. The Kier molecular flexibility index (Phi) is 5.26. The van der Waals surface area contributed by atoms with Gasteiger partial charge in [-0.05, 0) is 56.4 Å². The van der Waals surface area contributed by atoms with E-state index in [1.807, 2.05) is 0 Å². The molecular weight excluding hydrogens is 262 g/mol. The van der Waals surface area contributed by atoms with Crippen molar-refractivity contribution in [2.45, 2.75) is 57.9 Å². The molecular formula is C14H27NO3S. The van der Waals surface area contributed by atoms with Crippen molar-refractivity contribution in [1.29, 1.82) is 0 Å². The van der Waals surface area contributed by atoms with Gasteiger partial charge in [0, 0.05) is 6.04 Å². The molecule has 2 aliphatic rings. The Hall–Kier alpha value is -0.130. The molecule has 0 aromatic heterocycles. The van der Waals surface area contributed by atoms with Crippen molar-refractivity contribution in [3.05, 3.63) is 0 Å². The number of rotatable bonds is 6. The monoisotopic (exact) mass is 289 g/mol. The van der Waals surface area contributed by atoms with Gasteiger partial charge in [-0.1, -0.05) is 19.8 Å². The largest absolute Gasteiger partial charge is 0.313 e. The molecule has 0 aliphatic heterocycles. The van der Waals surface area contributed by atoms with E-state index < -0.39 is 10.1 Å². The van der Waals surface area contributed by atoms with Crippen molar-refractivity contribution in [3.63, 3.8) is 0 Å². The van der Waals surface area contributed by atoms with Crippen LogP contribution in [-0.2, 0) is 10.1 Å². The normalized spacial score (nSPS) is 35.3. The summed E-state index contributed by atoms with van der Waals surface area (Å²) in [5.41, 5.74) is 0. The van der Waals surface area contributed by atoms with Gasteiger partial charge in [0.1, 0.15) is 0 Å². The first-order chi connectivity index (χ1) is 8.96. The van der Waals surface area contributed by atoms with Crippen LogP contribution in [0.15, 0.2) is 0 Å². The van der Waals surface area contributed by atoms with Gasteiger partial charge in [0.05, 0.1) is 5.75 Å². The molecule has 5 heteroatoms. The molecule has 0 amide bonds. The number of nitrogens with one attached hydrogen (secondary N) is 1. The minimum absolute atomic E-state index is 0.111. The third kappa shape index (κ3) is 4.72. The van der Waals surface area contributed by atoms with E-state index in [-0.39, 0.29) is 5.75 Å². The van der Waals surface area contributed by atoms with Crippen LogP contribution in [0, 0.1) is 17.8 Å². The lowest BCUT2D eigenvalue weighted by atomic mass is 9.65. The van der Waals surface area contributed by atoms with E-state index in [2.05, 4.69) is 12.2 Å². The smallest absolute Gasteiger partial charge is 0.264 e. The molecule has 2 N–H and O–H groups in total. The van der Waals surface area contributed by atoms with Crippen LogP contribution in [0.3, 0.4) is 0 Å². The molecule has 0 aromatic carbocycles. The fourth-order valence-corrected chi connectivity index (χ4v) is 4.62. The van der Waals surface area contributed by atoms with Crippen LogP contribution in [-0.4, -0.2) is 31.3 Å². The van der Waals surface area contributed by atoms with Crippen molar-refractivity contribution < 1.29 is 13.0 Å². The Balaban J connectivity index is 1.70. The Morgan fingerprint density at radius 1 is 1.21 bits per heavy atom. The Morgan fingerprint density at radius 3 is 2.74 bits per heavy atom. The van der Waals surface area contributed by atoms with E-state index in [0.717, 1.165) is 30.7 Å². The maximum Gasteiger partial charge on any atom is 0.264 e. The molecule has 0 aromatic rings. The van der Waals surface area contributed by atoms with Crippen molar-refractivity contribution in [1.82, 2.24) is 5.32 Å². The van der Waals surface area contributed by atoms with Gasteiger partial charge in [-0.2, -0.15) is 8.42 Å². The molecule has 112 valence electrons. The van der Waals surface area contributed by atoms with Crippen LogP contribution in [0.2, 0.25) is 0 Å². The highest BCUT2D eigenvalue weighted by atomic mass is 32.2. The van der Waals surface area contributed by atoms with E-state index in [4.69, 9.17) is 4.55 Å². The molecule has 2 unspecified atom stereocenters. The van der Waals surface area contributed by atoms with Gasteiger partial charge in [-0.3, -0.25) is 4.55 Å². The SMILES string of the molecule is CC1C[C@@H]2CCC[C@@H](C2)C1NCCCCS(=O)(=O)O. The van der Waals surface area contributed by atoms with Crippen LogP contribution >= 0.6 is 0 Å². The Bertz CT molecular complexity index is 380. The van der Waals surface area contributed by atoms with Gasteiger partial charge >= 0.3 is 0 Å². The summed E-state index contributed by atoms with van der Waals surface area (Å²) in [6, 6.07) is 0.613. The van der Waals surface area contributed by atoms with E-state index in [1.54, 1.807) is 0 Å². The summed E-state index contributed by atoms with van der Waals surface area (Å²) in [4.78, 5) is 0. The molecule has 4 nitrogen and oxygen atoms in total. The van der Waals surface area contributed by atoms with Crippen molar-refractivity contribution >= 4 is 10.1 Å². The van der Waals surface area contributed by atoms with Crippen molar-refractivity contribution in [2.24, 2.45) is 17.8 Å². The standard InChI is InChI=1S/C14H27NO3S/c1-11-9-12-5-4-6-13(10-12)14(11)15-7-2-3-8-19(16,17)18/h11-15H,2-10H2,1H3,(H,16,17,18)/t11?,12-,13-,14?/m0/s1. The summed E-state index contributed by atoms with van der Waals surface area (Å²) in [5.74, 6) is 2.40. The quantitative estimate of drug-likeness (QED) is 0.582. The van der Waals surface area contributed by atoms with Crippen molar-refractivity contribution in [3.8, 4) is 0 Å². The highest BCUT2D eigenvalue weighted by molar-refractivity contribution is 7.85. The second-order valence-electron chi connectivity index (χ2n) is 6.48.